The lowest BCUT2D eigenvalue weighted by Crippen LogP contribution is -2.32. The van der Waals surface area contributed by atoms with Crippen molar-refractivity contribution in [3.05, 3.63) is 4.91 Å². The number of nitrogens with zero attached hydrogens (tertiary/aromatic N) is 1. The molecule has 1 unspecified atom stereocenters. The second-order valence-corrected chi connectivity index (χ2v) is 3.45. The molecule has 0 rings (SSSR count). The van der Waals surface area contributed by atoms with Gasteiger partial charge in [-0.3, -0.25) is 0 Å². The molecule has 3 nitrogen and oxygen atoms in total. The number of nitrogens with two attached hydrogens (primary N) is 1. The van der Waals surface area contributed by atoms with E-state index in [1.54, 1.807) is 0 Å². The molecule has 0 aliphatic rings. The fourth-order valence-corrected chi connectivity index (χ4v) is 1.37. The maximum atomic E-state index is 10.2. The van der Waals surface area contributed by atoms with Gasteiger partial charge < -0.3 is 5.73 Å². The minimum absolute atomic E-state index is 0.0161. The van der Waals surface area contributed by atoms with Crippen LogP contribution in [0.3, 0.4) is 0 Å². The van der Waals surface area contributed by atoms with Gasteiger partial charge in [-0.1, -0.05) is 31.9 Å². The molecule has 0 spiro atoms. The zero-order valence-electron chi connectivity index (χ0n) is 8.18. The molecule has 0 heterocycles. The number of hydrogen-bond donors (Lipinski definition) is 1. The van der Waals surface area contributed by atoms with Crippen LogP contribution in [0.1, 0.15) is 39.5 Å². The summed E-state index contributed by atoms with van der Waals surface area (Å²) in [6.07, 6.45) is 4.28. The summed E-state index contributed by atoms with van der Waals surface area (Å²) in [5.41, 5.74) is 5.63. The maximum Gasteiger partial charge on any atom is 0.0879 e. The third-order valence-electron chi connectivity index (χ3n) is 2.64. The molecule has 0 fully saturated rings. The molecule has 1 atom stereocenters. The van der Waals surface area contributed by atoms with Gasteiger partial charge in [0, 0.05) is 5.41 Å². The van der Waals surface area contributed by atoms with Crippen molar-refractivity contribution in [3.8, 4) is 0 Å². The molecule has 2 N–H and O–H groups in total. The third kappa shape index (κ3) is 3.30. The van der Waals surface area contributed by atoms with E-state index in [2.05, 4.69) is 19.0 Å². The molecule has 0 radical (unpaired) electrons. The van der Waals surface area contributed by atoms with Gasteiger partial charge in [0.25, 0.3) is 0 Å². The van der Waals surface area contributed by atoms with Crippen molar-refractivity contribution < 1.29 is 0 Å². The molecule has 12 heavy (non-hydrogen) atoms. The van der Waals surface area contributed by atoms with E-state index in [0.29, 0.717) is 13.1 Å². The summed E-state index contributed by atoms with van der Waals surface area (Å²) in [5, 5.41) is 2.97. The van der Waals surface area contributed by atoms with E-state index in [1.807, 2.05) is 0 Å². The first kappa shape index (κ1) is 11.6. The SMILES string of the molecule is CCCCC(CC)(CN)CN=O. The molecule has 0 aromatic carbocycles. The summed E-state index contributed by atoms with van der Waals surface area (Å²) < 4.78 is 0. The van der Waals surface area contributed by atoms with Gasteiger partial charge in [-0.15, -0.1) is 0 Å². The van der Waals surface area contributed by atoms with E-state index in [9.17, 15) is 4.91 Å². The summed E-state index contributed by atoms with van der Waals surface area (Å²) in [6.45, 7) is 5.17. The lowest BCUT2D eigenvalue weighted by molar-refractivity contribution is 0.264. The zero-order valence-corrected chi connectivity index (χ0v) is 8.18. The molecule has 0 bridgehead atoms. The van der Waals surface area contributed by atoms with Crippen LogP contribution >= 0.6 is 0 Å². The minimum atomic E-state index is -0.0161. The van der Waals surface area contributed by atoms with E-state index in [0.717, 1.165) is 25.7 Å². The van der Waals surface area contributed by atoms with Gasteiger partial charge in [-0.05, 0) is 19.4 Å². The molecule has 0 aliphatic carbocycles. The molecule has 0 saturated heterocycles. The van der Waals surface area contributed by atoms with E-state index < -0.39 is 0 Å². The Bertz CT molecular complexity index is 122. The summed E-state index contributed by atoms with van der Waals surface area (Å²) in [4.78, 5) is 10.2. The van der Waals surface area contributed by atoms with Gasteiger partial charge in [0.15, 0.2) is 0 Å². The average Bonchev–Trinajstić information content (AvgIpc) is 2.13. The minimum Gasteiger partial charge on any atom is -0.330 e. The van der Waals surface area contributed by atoms with Gasteiger partial charge in [0.05, 0.1) is 6.54 Å². The van der Waals surface area contributed by atoms with E-state index in [4.69, 9.17) is 5.73 Å². The molecule has 0 aromatic heterocycles. The zero-order chi connectivity index (χ0) is 9.45. The number of rotatable bonds is 7. The summed E-state index contributed by atoms with van der Waals surface area (Å²) in [5.74, 6) is 0. The quantitative estimate of drug-likeness (QED) is 0.599. The highest BCUT2D eigenvalue weighted by molar-refractivity contribution is 4.80. The van der Waals surface area contributed by atoms with Crippen LogP contribution < -0.4 is 5.73 Å². The number of unbranched alkanes of at least 4 members (excludes halogenated alkanes) is 1. The largest absolute Gasteiger partial charge is 0.330 e. The van der Waals surface area contributed by atoms with Crippen LogP contribution in [0, 0.1) is 10.3 Å². The van der Waals surface area contributed by atoms with E-state index in [-0.39, 0.29) is 5.41 Å². The Balaban J connectivity index is 4.03. The second kappa shape index (κ2) is 6.12. The molecular formula is C9H20N2O. The molecule has 0 amide bonds. The normalized spacial score (nSPS) is 15.6. The summed E-state index contributed by atoms with van der Waals surface area (Å²) >= 11 is 0. The summed E-state index contributed by atoms with van der Waals surface area (Å²) in [6, 6.07) is 0. The molecule has 0 aromatic rings. The predicted molar refractivity (Wildman–Crippen MR) is 52.0 cm³/mol. The van der Waals surface area contributed by atoms with Crippen LogP contribution in [-0.2, 0) is 0 Å². The Labute approximate surface area is 74.7 Å². The highest BCUT2D eigenvalue weighted by Gasteiger charge is 2.25. The molecule has 0 aliphatic heterocycles. The Hall–Kier alpha value is -0.440. The topological polar surface area (TPSA) is 55.4 Å². The number of nitroso groups, excluding NO2 is 1. The highest BCUT2D eigenvalue weighted by Crippen LogP contribution is 2.27. The monoisotopic (exact) mass is 172 g/mol. The van der Waals surface area contributed by atoms with Crippen molar-refractivity contribution >= 4 is 0 Å². The van der Waals surface area contributed by atoms with Gasteiger partial charge in [0.2, 0.25) is 0 Å². The molecule has 72 valence electrons. The molecular weight excluding hydrogens is 152 g/mol. The lowest BCUT2D eigenvalue weighted by Gasteiger charge is -2.28. The average molecular weight is 172 g/mol. The van der Waals surface area contributed by atoms with Gasteiger partial charge in [-0.2, -0.15) is 4.91 Å². The fraction of sp³-hybridized carbons (Fsp3) is 1.00. The highest BCUT2D eigenvalue weighted by atomic mass is 16.3. The van der Waals surface area contributed by atoms with Crippen LogP contribution in [0.2, 0.25) is 0 Å². The lowest BCUT2D eigenvalue weighted by atomic mass is 9.80. The first-order valence-electron chi connectivity index (χ1n) is 4.74. The predicted octanol–water partition coefficient (Wildman–Crippen LogP) is 2.30. The first-order valence-corrected chi connectivity index (χ1v) is 4.74. The van der Waals surface area contributed by atoms with Crippen molar-refractivity contribution in [2.45, 2.75) is 39.5 Å². The fourth-order valence-electron chi connectivity index (χ4n) is 1.37. The van der Waals surface area contributed by atoms with Gasteiger partial charge >= 0.3 is 0 Å². The van der Waals surface area contributed by atoms with Gasteiger partial charge in [0.1, 0.15) is 0 Å². The van der Waals surface area contributed by atoms with Crippen molar-refractivity contribution in [1.82, 2.24) is 0 Å². The van der Waals surface area contributed by atoms with E-state index in [1.165, 1.54) is 0 Å². The van der Waals surface area contributed by atoms with Crippen molar-refractivity contribution in [1.29, 1.82) is 0 Å². The Kier molecular flexibility index (Phi) is 5.89. The molecule has 0 saturated carbocycles. The Morgan fingerprint density at radius 1 is 1.42 bits per heavy atom. The van der Waals surface area contributed by atoms with Crippen LogP contribution in [0.25, 0.3) is 0 Å². The second-order valence-electron chi connectivity index (χ2n) is 3.45. The van der Waals surface area contributed by atoms with Crippen LogP contribution in [0.15, 0.2) is 5.18 Å². The number of hydrogen-bond acceptors (Lipinski definition) is 3. The maximum absolute atomic E-state index is 10.2. The smallest absolute Gasteiger partial charge is 0.0879 e. The Morgan fingerprint density at radius 2 is 2.08 bits per heavy atom. The Morgan fingerprint density at radius 3 is 2.42 bits per heavy atom. The van der Waals surface area contributed by atoms with Crippen LogP contribution in [-0.4, -0.2) is 13.1 Å². The van der Waals surface area contributed by atoms with Crippen LogP contribution in [0.5, 0.6) is 0 Å². The van der Waals surface area contributed by atoms with E-state index >= 15 is 0 Å². The first-order chi connectivity index (χ1) is 5.74. The van der Waals surface area contributed by atoms with Crippen molar-refractivity contribution in [2.24, 2.45) is 16.3 Å². The standard InChI is InChI=1S/C9H20N2O/c1-3-5-6-9(4-2,7-10)8-11-12/h3-8,10H2,1-2H3. The van der Waals surface area contributed by atoms with Crippen molar-refractivity contribution in [2.75, 3.05) is 13.1 Å². The van der Waals surface area contributed by atoms with Crippen LogP contribution in [0.4, 0.5) is 0 Å². The molecule has 3 heteroatoms. The van der Waals surface area contributed by atoms with Gasteiger partial charge in [-0.25, -0.2) is 0 Å². The summed E-state index contributed by atoms with van der Waals surface area (Å²) in [7, 11) is 0. The third-order valence-corrected chi connectivity index (χ3v) is 2.64. The van der Waals surface area contributed by atoms with Crippen molar-refractivity contribution in [3.63, 3.8) is 0 Å².